The molecule has 0 aliphatic carbocycles. The first-order valence-corrected chi connectivity index (χ1v) is 5.01. The normalized spacial score (nSPS) is 22.5. The summed E-state index contributed by atoms with van der Waals surface area (Å²) in [5.41, 5.74) is 4.30. The Balaban J connectivity index is 2.24. The van der Waals surface area contributed by atoms with Crippen LogP contribution in [0.2, 0.25) is 0 Å². The molecule has 2 aliphatic rings. The van der Waals surface area contributed by atoms with E-state index < -0.39 is 0 Å². The highest BCUT2D eigenvalue weighted by atomic mass is 79.9. The Morgan fingerprint density at radius 2 is 2.08 bits per heavy atom. The molecule has 13 heavy (non-hydrogen) atoms. The molecular weight excluding hydrogens is 234 g/mol. The van der Waals surface area contributed by atoms with Crippen LogP contribution >= 0.6 is 15.9 Å². The fourth-order valence-electron chi connectivity index (χ4n) is 1.52. The van der Waals surface area contributed by atoms with Crippen LogP contribution in [0.3, 0.4) is 0 Å². The van der Waals surface area contributed by atoms with Gasteiger partial charge < -0.3 is 4.90 Å². The number of hydrogen-bond acceptors (Lipinski definition) is 3. The van der Waals surface area contributed by atoms with Crippen molar-refractivity contribution >= 4 is 28.1 Å². The van der Waals surface area contributed by atoms with Gasteiger partial charge in [-0.1, -0.05) is 0 Å². The third-order valence-corrected chi connectivity index (χ3v) is 2.93. The predicted molar refractivity (Wildman–Crippen MR) is 52.4 cm³/mol. The van der Waals surface area contributed by atoms with Crippen LogP contribution < -0.4 is 5.43 Å². The standard InChI is InChI=1S/C8H9BrN3O/c9-7-6(5-10-11-8(7)13)12-3-1-2-4-12/h5H,1-4H2. The van der Waals surface area contributed by atoms with Gasteiger partial charge in [-0.25, -0.2) is 0 Å². The van der Waals surface area contributed by atoms with E-state index in [-0.39, 0.29) is 5.91 Å². The molecule has 2 aliphatic heterocycles. The fraction of sp³-hybridized carbons (Fsp3) is 0.500. The predicted octanol–water partition coefficient (Wildman–Crippen LogP) is 0.819. The Hall–Kier alpha value is -0.840. The van der Waals surface area contributed by atoms with Gasteiger partial charge >= 0.3 is 5.91 Å². The van der Waals surface area contributed by atoms with Gasteiger partial charge in [-0.2, -0.15) is 5.10 Å². The largest absolute Gasteiger partial charge is 0.369 e. The molecule has 1 saturated heterocycles. The van der Waals surface area contributed by atoms with Crippen LogP contribution in [0.1, 0.15) is 12.8 Å². The molecule has 0 aromatic rings. The lowest BCUT2D eigenvalue weighted by Gasteiger charge is -2.20. The highest BCUT2D eigenvalue weighted by Crippen LogP contribution is 2.21. The molecule has 69 valence electrons. The Bertz CT molecular complexity index is 292. The van der Waals surface area contributed by atoms with Gasteiger partial charge in [0.15, 0.2) is 0 Å². The topological polar surface area (TPSA) is 46.8 Å². The maximum absolute atomic E-state index is 11.1. The van der Waals surface area contributed by atoms with Crippen molar-refractivity contribution in [3.05, 3.63) is 10.2 Å². The van der Waals surface area contributed by atoms with Crippen molar-refractivity contribution in [2.45, 2.75) is 12.8 Å². The Morgan fingerprint density at radius 3 is 2.77 bits per heavy atom. The molecule has 0 N–H and O–H groups in total. The molecule has 5 heteroatoms. The maximum Gasteiger partial charge on any atom is 0.304 e. The molecule has 1 radical (unpaired) electrons. The zero-order valence-electron chi connectivity index (χ0n) is 7.03. The summed E-state index contributed by atoms with van der Waals surface area (Å²) in [6, 6.07) is 0. The van der Waals surface area contributed by atoms with Gasteiger partial charge in [-0.05, 0) is 28.8 Å². The van der Waals surface area contributed by atoms with E-state index in [4.69, 9.17) is 0 Å². The van der Waals surface area contributed by atoms with Gasteiger partial charge in [0.2, 0.25) is 0 Å². The van der Waals surface area contributed by atoms with E-state index in [1.165, 1.54) is 12.8 Å². The van der Waals surface area contributed by atoms with Gasteiger partial charge in [0.25, 0.3) is 0 Å². The summed E-state index contributed by atoms with van der Waals surface area (Å²) in [4.78, 5) is 13.3. The third kappa shape index (κ3) is 1.60. The summed E-state index contributed by atoms with van der Waals surface area (Å²) in [5, 5.41) is 3.66. The van der Waals surface area contributed by atoms with Crippen LogP contribution in [0.5, 0.6) is 0 Å². The van der Waals surface area contributed by atoms with E-state index in [2.05, 4.69) is 31.4 Å². The van der Waals surface area contributed by atoms with Crippen molar-refractivity contribution in [2.75, 3.05) is 13.1 Å². The SMILES string of the molecule is O=C1[N]N=CC(N2CCCC2)=C1Br. The smallest absolute Gasteiger partial charge is 0.304 e. The summed E-state index contributed by atoms with van der Waals surface area (Å²) in [6.07, 6.45) is 4.00. The van der Waals surface area contributed by atoms with Gasteiger partial charge in [0.1, 0.15) is 4.48 Å². The molecule has 0 atom stereocenters. The van der Waals surface area contributed by atoms with Gasteiger partial charge in [-0.15, -0.1) is 5.43 Å². The fourth-order valence-corrected chi connectivity index (χ4v) is 1.96. The number of likely N-dealkylation sites (tertiary alicyclic amines) is 1. The maximum atomic E-state index is 11.1. The number of allylic oxidation sites excluding steroid dienone is 1. The Morgan fingerprint density at radius 1 is 1.38 bits per heavy atom. The number of carbonyl (C=O) groups is 1. The monoisotopic (exact) mass is 242 g/mol. The lowest BCUT2D eigenvalue weighted by atomic mass is 10.3. The van der Waals surface area contributed by atoms with Crippen molar-refractivity contribution in [1.29, 1.82) is 0 Å². The van der Waals surface area contributed by atoms with Crippen molar-refractivity contribution in [3.63, 3.8) is 0 Å². The number of nitrogens with zero attached hydrogens (tertiary/aromatic N) is 3. The Kier molecular flexibility index (Phi) is 2.35. The second-order valence-electron chi connectivity index (χ2n) is 3.04. The first-order chi connectivity index (χ1) is 6.29. The molecule has 0 spiro atoms. The average molecular weight is 243 g/mol. The van der Waals surface area contributed by atoms with E-state index in [1.54, 1.807) is 6.21 Å². The molecule has 0 aromatic heterocycles. The second kappa shape index (κ2) is 3.49. The van der Waals surface area contributed by atoms with E-state index in [0.717, 1.165) is 18.8 Å². The molecule has 0 bridgehead atoms. The van der Waals surface area contributed by atoms with Crippen LogP contribution in [0, 0.1) is 0 Å². The molecule has 0 unspecified atom stereocenters. The second-order valence-corrected chi connectivity index (χ2v) is 3.84. The van der Waals surface area contributed by atoms with Gasteiger partial charge in [0, 0.05) is 13.1 Å². The number of hydrogen-bond donors (Lipinski definition) is 0. The van der Waals surface area contributed by atoms with Crippen LogP contribution in [0.25, 0.3) is 0 Å². The van der Waals surface area contributed by atoms with Crippen molar-refractivity contribution < 1.29 is 4.79 Å². The molecule has 4 nitrogen and oxygen atoms in total. The van der Waals surface area contributed by atoms with Crippen molar-refractivity contribution in [1.82, 2.24) is 10.3 Å². The van der Waals surface area contributed by atoms with E-state index in [0.29, 0.717) is 4.48 Å². The van der Waals surface area contributed by atoms with Crippen LogP contribution in [-0.2, 0) is 4.79 Å². The van der Waals surface area contributed by atoms with Gasteiger partial charge in [-0.3, -0.25) is 4.79 Å². The molecule has 1 fully saturated rings. The minimum absolute atomic E-state index is 0.288. The number of halogens is 1. The summed E-state index contributed by atoms with van der Waals surface area (Å²) >= 11 is 3.23. The number of carbonyl (C=O) groups excluding carboxylic acids is 1. The minimum atomic E-state index is -0.288. The summed E-state index contributed by atoms with van der Waals surface area (Å²) in [7, 11) is 0. The average Bonchev–Trinajstić information content (AvgIpc) is 2.62. The molecule has 2 rings (SSSR count). The van der Waals surface area contributed by atoms with Crippen LogP contribution in [-0.4, -0.2) is 30.1 Å². The Labute approximate surface area is 84.8 Å². The zero-order chi connectivity index (χ0) is 9.26. The zero-order valence-corrected chi connectivity index (χ0v) is 8.62. The van der Waals surface area contributed by atoms with E-state index in [9.17, 15) is 4.79 Å². The first-order valence-electron chi connectivity index (χ1n) is 4.22. The molecule has 1 amide bonds. The molecule has 2 heterocycles. The number of rotatable bonds is 1. The van der Waals surface area contributed by atoms with E-state index in [1.807, 2.05) is 0 Å². The van der Waals surface area contributed by atoms with Gasteiger partial charge in [0.05, 0.1) is 11.9 Å². The third-order valence-electron chi connectivity index (χ3n) is 2.19. The number of amides is 1. The highest BCUT2D eigenvalue weighted by molar-refractivity contribution is 9.12. The lowest BCUT2D eigenvalue weighted by Crippen LogP contribution is -2.27. The summed E-state index contributed by atoms with van der Waals surface area (Å²) < 4.78 is 0.532. The van der Waals surface area contributed by atoms with E-state index >= 15 is 0 Å². The van der Waals surface area contributed by atoms with Crippen LogP contribution in [0.15, 0.2) is 15.3 Å². The van der Waals surface area contributed by atoms with Crippen LogP contribution in [0.4, 0.5) is 0 Å². The molecular formula is C8H9BrN3O. The highest BCUT2D eigenvalue weighted by Gasteiger charge is 2.23. The first kappa shape index (κ1) is 8.74. The van der Waals surface area contributed by atoms with Crippen molar-refractivity contribution in [3.8, 4) is 0 Å². The molecule has 0 saturated carbocycles. The lowest BCUT2D eigenvalue weighted by molar-refractivity contribution is -0.117. The minimum Gasteiger partial charge on any atom is -0.369 e. The summed E-state index contributed by atoms with van der Waals surface area (Å²) in [5.74, 6) is -0.288. The van der Waals surface area contributed by atoms with Crippen molar-refractivity contribution in [2.24, 2.45) is 5.10 Å². The molecule has 0 aromatic carbocycles. The summed E-state index contributed by atoms with van der Waals surface area (Å²) in [6.45, 7) is 2.01. The quantitative estimate of drug-likeness (QED) is 0.684.